The molecular formula is C30H44F3NO6. The fourth-order valence-electron chi connectivity index (χ4n) is 6.57. The number of hydrogen-bond acceptors (Lipinski definition) is 6. The van der Waals surface area contributed by atoms with Crippen molar-refractivity contribution in [1.82, 2.24) is 5.32 Å². The molecule has 1 saturated heterocycles. The largest absolute Gasteiger partial charge is 0.511 e. The molecule has 7 nitrogen and oxygen atoms in total. The van der Waals surface area contributed by atoms with Gasteiger partial charge in [-0.2, -0.15) is 13.2 Å². The first-order chi connectivity index (χ1) is 19.2. The fraction of sp³-hybridized carbons (Fsp3) is 0.733. The third-order valence-corrected chi connectivity index (χ3v) is 8.48. The van der Waals surface area contributed by atoms with E-state index in [1.807, 2.05) is 6.07 Å². The number of carbonyl (C=O) groups is 2. The summed E-state index contributed by atoms with van der Waals surface area (Å²) in [5.74, 6) is -1.22. The van der Waals surface area contributed by atoms with E-state index in [4.69, 9.17) is 24.1 Å². The summed E-state index contributed by atoms with van der Waals surface area (Å²) in [5, 5.41) is 10.9. The molecule has 1 saturated carbocycles. The Bertz CT molecular complexity index is 952. The average molecular weight is 572 g/mol. The molecular weight excluding hydrogens is 527 g/mol. The molecule has 0 amide bonds. The van der Waals surface area contributed by atoms with Gasteiger partial charge in [-0.3, -0.25) is 0 Å². The van der Waals surface area contributed by atoms with Crippen molar-refractivity contribution in [3.63, 3.8) is 0 Å². The van der Waals surface area contributed by atoms with E-state index in [1.54, 1.807) is 0 Å². The Hall–Kier alpha value is -2.49. The molecule has 0 radical (unpaired) electrons. The summed E-state index contributed by atoms with van der Waals surface area (Å²) in [6.07, 6.45) is 11.7. The van der Waals surface area contributed by atoms with Crippen LogP contribution in [0.3, 0.4) is 0 Å². The molecule has 0 unspecified atom stereocenters. The summed E-state index contributed by atoms with van der Waals surface area (Å²) in [6.45, 7) is 3.67. The number of fused-ring (bicyclic) bond motifs is 1. The third-order valence-electron chi connectivity index (χ3n) is 8.48. The van der Waals surface area contributed by atoms with Crippen LogP contribution in [0.2, 0.25) is 0 Å². The number of benzene rings is 1. The van der Waals surface area contributed by atoms with Gasteiger partial charge >= 0.3 is 18.3 Å². The lowest BCUT2D eigenvalue weighted by molar-refractivity contribution is -0.192. The van der Waals surface area contributed by atoms with Crippen molar-refractivity contribution in [2.24, 2.45) is 5.92 Å². The van der Waals surface area contributed by atoms with Crippen LogP contribution in [0.15, 0.2) is 18.2 Å². The minimum Gasteiger partial charge on any atom is -0.475 e. The summed E-state index contributed by atoms with van der Waals surface area (Å²) >= 11 is 0. The van der Waals surface area contributed by atoms with Crippen LogP contribution < -0.4 is 10.1 Å². The highest BCUT2D eigenvalue weighted by molar-refractivity contribution is 5.73. The van der Waals surface area contributed by atoms with Crippen molar-refractivity contribution in [1.29, 1.82) is 0 Å². The molecule has 2 N–H and O–H groups in total. The predicted molar refractivity (Wildman–Crippen MR) is 144 cm³/mol. The summed E-state index contributed by atoms with van der Waals surface area (Å²) in [7, 11) is 0. The first-order valence-electron chi connectivity index (χ1n) is 14.8. The minimum absolute atomic E-state index is 0.102. The minimum atomic E-state index is -5.08. The quantitative estimate of drug-likeness (QED) is 0.154. The van der Waals surface area contributed by atoms with Crippen molar-refractivity contribution in [2.45, 2.75) is 114 Å². The second-order valence-electron chi connectivity index (χ2n) is 11.1. The van der Waals surface area contributed by atoms with Gasteiger partial charge in [0, 0.05) is 11.5 Å². The van der Waals surface area contributed by atoms with E-state index in [-0.39, 0.29) is 6.79 Å². The molecule has 226 valence electrons. The topological polar surface area (TPSA) is 94.1 Å². The zero-order valence-corrected chi connectivity index (χ0v) is 23.5. The fourth-order valence-corrected chi connectivity index (χ4v) is 6.57. The van der Waals surface area contributed by atoms with Gasteiger partial charge < -0.3 is 24.6 Å². The van der Waals surface area contributed by atoms with E-state index in [1.165, 1.54) is 81.8 Å². The number of hydrogen-bond donors (Lipinski definition) is 2. The van der Waals surface area contributed by atoms with Crippen molar-refractivity contribution in [2.75, 3.05) is 19.9 Å². The van der Waals surface area contributed by atoms with E-state index < -0.39 is 18.3 Å². The highest BCUT2D eigenvalue weighted by atomic mass is 19.4. The van der Waals surface area contributed by atoms with Crippen LogP contribution in [-0.4, -0.2) is 49.4 Å². The number of halogens is 3. The molecule has 10 heteroatoms. The maximum absolute atomic E-state index is 11.9. The maximum Gasteiger partial charge on any atom is 0.511 e. The van der Waals surface area contributed by atoms with Gasteiger partial charge in [-0.05, 0) is 67.8 Å². The molecule has 40 heavy (non-hydrogen) atoms. The van der Waals surface area contributed by atoms with Crippen LogP contribution in [0.25, 0.3) is 0 Å². The van der Waals surface area contributed by atoms with Crippen LogP contribution in [0.1, 0.15) is 102 Å². The summed E-state index contributed by atoms with van der Waals surface area (Å²) in [4.78, 5) is 20.8. The molecule has 2 bridgehead atoms. The van der Waals surface area contributed by atoms with Crippen molar-refractivity contribution in [3.8, 4) is 5.75 Å². The van der Waals surface area contributed by atoms with Gasteiger partial charge in [0.05, 0.1) is 6.61 Å². The lowest BCUT2D eigenvalue weighted by Gasteiger charge is -2.56. The van der Waals surface area contributed by atoms with E-state index >= 15 is 0 Å². The Balaban J connectivity index is 0.000000559. The van der Waals surface area contributed by atoms with Gasteiger partial charge in [-0.15, -0.1) is 0 Å². The van der Waals surface area contributed by atoms with Crippen molar-refractivity contribution >= 4 is 12.1 Å². The van der Waals surface area contributed by atoms with E-state index in [0.717, 1.165) is 37.5 Å². The number of rotatable bonds is 12. The van der Waals surface area contributed by atoms with Crippen molar-refractivity contribution in [3.05, 3.63) is 29.3 Å². The Labute approximate surface area is 235 Å². The lowest BCUT2D eigenvalue weighted by Crippen LogP contribution is -2.59. The number of carboxylic acid groups (broad SMARTS) is 1. The van der Waals surface area contributed by atoms with Gasteiger partial charge in [-0.25, -0.2) is 9.59 Å². The molecule has 2 fully saturated rings. The first kappa shape index (κ1) is 32.0. The maximum atomic E-state index is 11.9. The van der Waals surface area contributed by atoms with Gasteiger partial charge in [0.15, 0.2) is 0 Å². The summed E-state index contributed by atoms with van der Waals surface area (Å²) in [6, 6.07) is 7.09. The van der Waals surface area contributed by atoms with Crippen LogP contribution in [0.5, 0.6) is 5.75 Å². The Morgan fingerprint density at radius 1 is 1.02 bits per heavy atom. The van der Waals surface area contributed by atoms with Gasteiger partial charge in [0.25, 0.3) is 0 Å². The summed E-state index contributed by atoms with van der Waals surface area (Å²) < 4.78 is 47.9. The highest BCUT2D eigenvalue weighted by Gasteiger charge is 2.51. The monoisotopic (exact) mass is 571 g/mol. The number of unbranched alkanes of at least 4 members (excludes halogenated alkanes) is 7. The molecule has 1 aromatic rings. The van der Waals surface area contributed by atoms with Crippen LogP contribution in [0.4, 0.5) is 18.0 Å². The molecule has 1 heterocycles. The number of nitrogens with one attached hydrogen (secondary N) is 1. The van der Waals surface area contributed by atoms with Crippen LogP contribution in [-0.2, 0) is 26.1 Å². The Kier molecular flexibility index (Phi) is 12.4. The summed E-state index contributed by atoms with van der Waals surface area (Å²) in [5.41, 5.74) is 3.25. The SMILES string of the molecule is CCCCCCCCCCOC(=O)OCOc1ccc2c(c1)[C@@]13CCCC[C@@H]1[C@H](C2)NCC3.O=C(O)C(F)(F)F. The first-order valence-corrected chi connectivity index (χ1v) is 14.8. The molecule has 1 aromatic carbocycles. The van der Waals surface area contributed by atoms with E-state index in [2.05, 4.69) is 24.4 Å². The van der Waals surface area contributed by atoms with E-state index in [9.17, 15) is 18.0 Å². The van der Waals surface area contributed by atoms with Gasteiger partial charge in [0.1, 0.15) is 5.75 Å². The second-order valence-corrected chi connectivity index (χ2v) is 11.1. The molecule has 3 aliphatic rings. The van der Waals surface area contributed by atoms with Gasteiger partial charge in [-0.1, -0.05) is 70.8 Å². The number of ether oxygens (including phenoxy) is 3. The second kappa shape index (κ2) is 15.5. The van der Waals surface area contributed by atoms with Gasteiger partial charge in [0.2, 0.25) is 6.79 Å². The zero-order valence-electron chi connectivity index (χ0n) is 23.5. The smallest absolute Gasteiger partial charge is 0.475 e. The third kappa shape index (κ3) is 9.01. The molecule has 4 rings (SSSR count). The predicted octanol–water partition coefficient (Wildman–Crippen LogP) is 7.30. The van der Waals surface area contributed by atoms with E-state index in [0.29, 0.717) is 18.1 Å². The van der Waals surface area contributed by atoms with Crippen LogP contribution in [0, 0.1) is 5.92 Å². The molecule has 2 aliphatic carbocycles. The van der Waals surface area contributed by atoms with Crippen molar-refractivity contribution < 1.29 is 42.1 Å². The standard InChI is InChI=1S/C28H43NO4.C2HF3O2/c1-2-3-4-5-6-7-8-11-18-31-27(30)33-21-32-23-14-13-22-19-26-24-12-9-10-15-28(24,16-17-29-26)25(22)20-23;3-2(4,5)1(6)7/h13-14,20,24,26,29H,2-12,15-19,21H2,1H3;(H,6,7)/t24-,26+,28-;/m1./s1. The normalized spacial score (nSPS) is 23.1. The number of carboxylic acids is 1. The molecule has 3 atom stereocenters. The number of aliphatic carboxylic acids is 1. The number of piperidine rings is 1. The Morgan fingerprint density at radius 2 is 1.73 bits per heavy atom. The molecule has 0 spiro atoms. The Morgan fingerprint density at radius 3 is 2.42 bits per heavy atom. The molecule has 1 aliphatic heterocycles. The molecule has 0 aromatic heterocycles. The van der Waals surface area contributed by atoms with Crippen LogP contribution >= 0.6 is 0 Å². The number of alkyl halides is 3. The zero-order chi connectivity index (χ0) is 29.0. The lowest BCUT2D eigenvalue weighted by atomic mass is 9.53. The highest BCUT2D eigenvalue weighted by Crippen LogP contribution is 2.54. The number of carbonyl (C=O) groups excluding carboxylic acids is 1. The average Bonchev–Trinajstić information content (AvgIpc) is 2.92.